The normalized spacial score (nSPS) is 26.8. The van der Waals surface area contributed by atoms with Crippen LogP contribution in [0, 0.1) is 0 Å². The first kappa shape index (κ1) is 13.9. The first-order valence-electron chi connectivity index (χ1n) is 6.03. The molecule has 1 N–H and O–H groups in total. The predicted octanol–water partition coefficient (Wildman–Crippen LogP) is 3.14. The molecule has 0 saturated heterocycles. The second kappa shape index (κ2) is 6.11. The van der Waals surface area contributed by atoms with Crippen LogP contribution in [0.4, 0.5) is 0 Å². The monoisotopic (exact) mass is 289 g/mol. The van der Waals surface area contributed by atoms with Crippen molar-refractivity contribution < 1.29 is 9.47 Å². The molecule has 0 amide bonds. The quantitative estimate of drug-likeness (QED) is 0.903. The molecular weight excluding hydrogens is 273 g/mol. The Kier molecular flexibility index (Phi) is 4.73. The Morgan fingerprint density at radius 2 is 2.17 bits per heavy atom. The van der Waals surface area contributed by atoms with Crippen LogP contribution in [0.25, 0.3) is 0 Å². The second-order valence-electron chi connectivity index (χ2n) is 4.33. The van der Waals surface area contributed by atoms with Crippen LogP contribution in [0.1, 0.15) is 13.3 Å². The van der Waals surface area contributed by atoms with Crippen LogP contribution in [0.3, 0.4) is 0 Å². The number of rotatable bonds is 5. The minimum atomic E-state index is 0.0232. The third kappa shape index (κ3) is 2.91. The Morgan fingerprint density at radius 1 is 1.39 bits per heavy atom. The van der Waals surface area contributed by atoms with Gasteiger partial charge >= 0.3 is 0 Å². The lowest BCUT2D eigenvalue weighted by Gasteiger charge is -2.43. The van der Waals surface area contributed by atoms with Crippen LogP contribution >= 0.6 is 23.2 Å². The van der Waals surface area contributed by atoms with Crippen LogP contribution in [0.5, 0.6) is 5.75 Å². The maximum absolute atomic E-state index is 6.07. The highest BCUT2D eigenvalue weighted by Crippen LogP contribution is 2.34. The molecule has 1 aromatic carbocycles. The number of benzene rings is 1. The van der Waals surface area contributed by atoms with E-state index in [1.807, 2.05) is 0 Å². The Labute approximate surface area is 117 Å². The standard InChI is InChI=1S/C13H17Cl2NO2/c1-3-16-10-7-12(13(10)17-2)18-11-6-8(14)4-5-9(11)15/h4-6,10,12-13,16H,3,7H2,1-2H3. The number of hydrogen-bond acceptors (Lipinski definition) is 3. The van der Waals surface area contributed by atoms with E-state index in [2.05, 4.69) is 12.2 Å². The summed E-state index contributed by atoms with van der Waals surface area (Å²) in [6.07, 6.45) is 0.991. The van der Waals surface area contributed by atoms with Crippen molar-refractivity contribution in [2.75, 3.05) is 13.7 Å². The van der Waals surface area contributed by atoms with E-state index in [0.29, 0.717) is 21.8 Å². The molecule has 18 heavy (non-hydrogen) atoms. The molecule has 3 atom stereocenters. The largest absolute Gasteiger partial charge is 0.486 e. The molecular formula is C13H17Cl2NO2. The van der Waals surface area contributed by atoms with Crippen LogP contribution < -0.4 is 10.1 Å². The van der Waals surface area contributed by atoms with Crippen molar-refractivity contribution in [2.24, 2.45) is 0 Å². The highest BCUT2D eigenvalue weighted by atomic mass is 35.5. The van der Waals surface area contributed by atoms with E-state index in [0.717, 1.165) is 13.0 Å². The summed E-state index contributed by atoms with van der Waals surface area (Å²) in [6.45, 7) is 3.00. The van der Waals surface area contributed by atoms with E-state index in [1.54, 1.807) is 25.3 Å². The summed E-state index contributed by atoms with van der Waals surface area (Å²) in [5, 5.41) is 4.55. The molecule has 1 aliphatic carbocycles. The van der Waals surface area contributed by atoms with Crippen molar-refractivity contribution in [3.8, 4) is 5.75 Å². The summed E-state index contributed by atoms with van der Waals surface area (Å²) in [7, 11) is 1.70. The van der Waals surface area contributed by atoms with Crippen molar-refractivity contribution in [1.82, 2.24) is 5.32 Å². The molecule has 100 valence electrons. The molecule has 0 heterocycles. The van der Waals surface area contributed by atoms with Crippen molar-refractivity contribution in [2.45, 2.75) is 31.6 Å². The van der Waals surface area contributed by atoms with E-state index < -0.39 is 0 Å². The Hall–Kier alpha value is -0.480. The average molecular weight is 290 g/mol. The van der Waals surface area contributed by atoms with Crippen molar-refractivity contribution >= 4 is 23.2 Å². The van der Waals surface area contributed by atoms with Crippen molar-refractivity contribution in [3.05, 3.63) is 28.2 Å². The van der Waals surface area contributed by atoms with Gasteiger partial charge in [0.15, 0.2) is 0 Å². The van der Waals surface area contributed by atoms with Gasteiger partial charge in [-0.3, -0.25) is 0 Å². The summed E-state index contributed by atoms with van der Waals surface area (Å²) < 4.78 is 11.3. The summed E-state index contributed by atoms with van der Waals surface area (Å²) in [4.78, 5) is 0. The van der Waals surface area contributed by atoms with Crippen LogP contribution in [0.2, 0.25) is 10.0 Å². The van der Waals surface area contributed by atoms with E-state index in [-0.39, 0.29) is 12.2 Å². The fourth-order valence-corrected chi connectivity index (χ4v) is 2.53. The van der Waals surface area contributed by atoms with Gasteiger partial charge in [-0.15, -0.1) is 0 Å². The van der Waals surface area contributed by atoms with Gasteiger partial charge in [0.25, 0.3) is 0 Å². The molecule has 1 aliphatic rings. The first-order chi connectivity index (χ1) is 8.65. The fraction of sp³-hybridized carbons (Fsp3) is 0.538. The third-order valence-corrected chi connectivity index (χ3v) is 3.71. The Bertz CT molecular complexity index is 414. The molecule has 1 fully saturated rings. The zero-order chi connectivity index (χ0) is 13.1. The number of ether oxygens (including phenoxy) is 2. The lowest BCUT2D eigenvalue weighted by Crippen LogP contribution is -2.60. The topological polar surface area (TPSA) is 30.5 Å². The average Bonchev–Trinajstić information content (AvgIpc) is 2.32. The van der Waals surface area contributed by atoms with Gasteiger partial charge in [0.1, 0.15) is 18.0 Å². The van der Waals surface area contributed by atoms with E-state index in [4.69, 9.17) is 32.7 Å². The molecule has 0 aromatic heterocycles. The summed E-state index contributed by atoms with van der Waals surface area (Å²) >= 11 is 12.0. The SMILES string of the molecule is CCNC1CC(Oc2cc(Cl)ccc2Cl)C1OC. The highest BCUT2D eigenvalue weighted by molar-refractivity contribution is 6.34. The lowest BCUT2D eigenvalue weighted by molar-refractivity contribution is -0.0883. The highest BCUT2D eigenvalue weighted by Gasteiger charge is 2.42. The molecule has 3 nitrogen and oxygen atoms in total. The van der Waals surface area contributed by atoms with Crippen LogP contribution in [-0.4, -0.2) is 31.9 Å². The van der Waals surface area contributed by atoms with Gasteiger partial charge in [-0.05, 0) is 18.7 Å². The number of nitrogens with one attached hydrogen (secondary N) is 1. The first-order valence-corrected chi connectivity index (χ1v) is 6.79. The maximum atomic E-state index is 6.07. The summed E-state index contributed by atoms with van der Waals surface area (Å²) in [5.74, 6) is 0.617. The van der Waals surface area contributed by atoms with Gasteiger partial charge in [0.05, 0.1) is 5.02 Å². The van der Waals surface area contributed by atoms with Crippen molar-refractivity contribution in [1.29, 1.82) is 0 Å². The zero-order valence-electron chi connectivity index (χ0n) is 10.5. The smallest absolute Gasteiger partial charge is 0.139 e. The van der Waals surface area contributed by atoms with Gasteiger partial charge in [-0.25, -0.2) is 0 Å². The minimum absolute atomic E-state index is 0.0232. The van der Waals surface area contributed by atoms with Gasteiger partial charge in [-0.1, -0.05) is 30.1 Å². The molecule has 1 saturated carbocycles. The molecule has 0 radical (unpaired) electrons. The van der Waals surface area contributed by atoms with Crippen LogP contribution in [0.15, 0.2) is 18.2 Å². The maximum Gasteiger partial charge on any atom is 0.139 e. The minimum Gasteiger partial charge on any atom is -0.486 e. The molecule has 1 aromatic rings. The lowest BCUT2D eigenvalue weighted by atomic mass is 9.85. The molecule has 0 spiro atoms. The molecule has 0 aliphatic heterocycles. The van der Waals surface area contributed by atoms with E-state index in [9.17, 15) is 0 Å². The van der Waals surface area contributed by atoms with Gasteiger partial charge in [0, 0.05) is 30.7 Å². The third-order valence-electron chi connectivity index (χ3n) is 3.16. The predicted molar refractivity (Wildman–Crippen MR) is 73.8 cm³/mol. The van der Waals surface area contributed by atoms with Crippen LogP contribution in [-0.2, 0) is 4.74 Å². The van der Waals surface area contributed by atoms with E-state index in [1.165, 1.54) is 0 Å². The van der Waals surface area contributed by atoms with Gasteiger partial charge in [0.2, 0.25) is 0 Å². The van der Waals surface area contributed by atoms with Gasteiger partial charge in [-0.2, -0.15) is 0 Å². The Morgan fingerprint density at radius 3 is 2.83 bits per heavy atom. The summed E-state index contributed by atoms with van der Waals surface area (Å²) in [6, 6.07) is 5.56. The Balaban J connectivity index is 2.00. The number of methoxy groups -OCH3 is 1. The van der Waals surface area contributed by atoms with Crippen molar-refractivity contribution in [3.63, 3.8) is 0 Å². The summed E-state index contributed by atoms with van der Waals surface area (Å²) in [5.41, 5.74) is 0. The molecule has 0 bridgehead atoms. The zero-order valence-corrected chi connectivity index (χ0v) is 12.0. The number of likely N-dealkylation sites (N-methyl/N-ethyl adjacent to an activating group) is 1. The molecule has 5 heteroatoms. The molecule has 3 unspecified atom stereocenters. The fourth-order valence-electron chi connectivity index (χ4n) is 2.21. The van der Waals surface area contributed by atoms with Gasteiger partial charge < -0.3 is 14.8 Å². The molecule has 2 rings (SSSR count). The van der Waals surface area contributed by atoms with E-state index >= 15 is 0 Å². The number of hydrogen-bond donors (Lipinski definition) is 1. The second-order valence-corrected chi connectivity index (χ2v) is 5.17. The number of halogens is 2.